The fourth-order valence-electron chi connectivity index (χ4n) is 5.62. The van der Waals surface area contributed by atoms with Crippen molar-refractivity contribution < 1.29 is 19.7 Å². The van der Waals surface area contributed by atoms with E-state index < -0.39 is 11.6 Å². The fraction of sp³-hybridized carbons (Fsp3) is 0.448. The number of carbonyl (C=O) groups is 1. The van der Waals surface area contributed by atoms with E-state index >= 15 is 0 Å². The number of thioether (sulfide) groups is 1. The number of aryl methyl sites for hydroxylation is 1. The molecule has 0 spiro atoms. The maximum absolute atomic E-state index is 13.5. The van der Waals surface area contributed by atoms with E-state index in [9.17, 15) is 15.0 Å². The number of phenolic OH excluding ortho intramolecular Hbond substituents is 1. The zero-order valence-electron chi connectivity index (χ0n) is 20.8. The van der Waals surface area contributed by atoms with Crippen molar-refractivity contribution in [3.63, 3.8) is 0 Å². The Morgan fingerprint density at radius 2 is 1.89 bits per heavy atom. The number of aromatic hydroxyl groups is 1. The van der Waals surface area contributed by atoms with Crippen molar-refractivity contribution >= 4 is 39.3 Å². The standard InChI is InChI=1S/C29H33NO4S2/c1-18(2)22-14-23-26(35-17-30-23)15-25(22)36-27-24(32)16-29(34-28(27)33,20-6-4-3-5-7-20)13-12-19-8-10-21(31)11-9-19/h8-11,14-15,17-18,20,31-32H,3-7,12-13,16H2,1-2H3/t29-/m0/s1. The SMILES string of the molecule is CC(C)c1cc2ncsc2cc1SC1=C(O)C[C@@](CCc2ccc(O)cc2)(C2CCCCC2)OC1=O. The zero-order valence-corrected chi connectivity index (χ0v) is 22.5. The average molecular weight is 524 g/mol. The molecule has 2 heterocycles. The molecule has 0 radical (unpaired) electrons. The molecule has 1 atom stereocenters. The minimum absolute atomic E-state index is 0.145. The van der Waals surface area contributed by atoms with Crippen LogP contribution in [0.5, 0.6) is 5.75 Å². The number of rotatable bonds is 7. The van der Waals surface area contributed by atoms with Gasteiger partial charge in [-0.25, -0.2) is 9.78 Å². The van der Waals surface area contributed by atoms with Crippen molar-refractivity contribution in [2.24, 2.45) is 5.92 Å². The number of phenols is 1. The van der Waals surface area contributed by atoms with Crippen LogP contribution in [-0.4, -0.2) is 26.8 Å². The molecule has 0 saturated heterocycles. The van der Waals surface area contributed by atoms with E-state index in [1.54, 1.807) is 23.5 Å². The summed E-state index contributed by atoms with van der Waals surface area (Å²) in [5.41, 5.74) is 4.29. The molecule has 3 aromatic rings. The Bertz CT molecular complexity index is 1270. The van der Waals surface area contributed by atoms with Gasteiger partial charge in [0.25, 0.3) is 0 Å². The maximum Gasteiger partial charge on any atom is 0.349 e. The van der Waals surface area contributed by atoms with Crippen LogP contribution in [0.2, 0.25) is 0 Å². The molecule has 0 bridgehead atoms. The minimum Gasteiger partial charge on any atom is -0.511 e. The van der Waals surface area contributed by atoms with Gasteiger partial charge in [0.1, 0.15) is 22.0 Å². The van der Waals surface area contributed by atoms with E-state index in [4.69, 9.17) is 4.74 Å². The summed E-state index contributed by atoms with van der Waals surface area (Å²) in [6.07, 6.45) is 7.21. The minimum atomic E-state index is -0.702. The molecule has 1 aliphatic carbocycles. The number of hydrogen-bond acceptors (Lipinski definition) is 7. The molecule has 0 unspecified atom stereocenters. The number of esters is 1. The number of fused-ring (bicyclic) bond motifs is 1. The van der Waals surface area contributed by atoms with Crippen LogP contribution in [0.15, 0.2) is 57.5 Å². The molecule has 1 aromatic heterocycles. The predicted molar refractivity (Wildman–Crippen MR) is 146 cm³/mol. The lowest BCUT2D eigenvalue weighted by atomic mass is 9.71. The van der Waals surface area contributed by atoms with Gasteiger partial charge in [0.2, 0.25) is 0 Å². The van der Waals surface area contributed by atoms with Crippen molar-refractivity contribution in [2.75, 3.05) is 0 Å². The highest BCUT2D eigenvalue weighted by Crippen LogP contribution is 2.48. The number of nitrogens with zero attached hydrogens (tertiary/aromatic N) is 1. The lowest BCUT2D eigenvalue weighted by Gasteiger charge is -2.44. The van der Waals surface area contributed by atoms with Crippen LogP contribution in [0, 0.1) is 5.92 Å². The first kappa shape index (κ1) is 25.2. The van der Waals surface area contributed by atoms with Crippen LogP contribution in [0.25, 0.3) is 10.2 Å². The Labute approximate surface area is 220 Å². The number of aliphatic hydroxyl groups excluding tert-OH is 1. The van der Waals surface area contributed by atoms with Crippen LogP contribution in [-0.2, 0) is 16.0 Å². The molecule has 5 nitrogen and oxygen atoms in total. The van der Waals surface area contributed by atoms with Gasteiger partial charge in [-0.1, -0.05) is 57.0 Å². The number of hydrogen-bond donors (Lipinski definition) is 2. The summed E-state index contributed by atoms with van der Waals surface area (Å²) in [5, 5.41) is 21.0. The summed E-state index contributed by atoms with van der Waals surface area (Å²) in [6, 6.07) is 11.4. The third-order valence-corrected chi connectivity index (χ3v) is 9.60. The molecule has 2 aliphatic rings. The lowest BCUT2D eigenvalue weighted by Crippen LogP contribution is -2.47. The van der Waals surface area contributed by atoms with Crippen LogP contribution in [0.4, 0.5) is 0 Å². The summed E-state index contributed by atoms with van der Waals surface area (Å²) in [4.78, 5) is 19.2. The molecule has 2 aromatic carbocycles. The van der Waals surface area contributed by atoms with Crippen molar-refractivity contribution in [3.8, 4) is 5.75 Å². The van der Waals surface area contributed by atoms with Gasteiger partial charge < -0.3 is 14.9 Å². The largest absolute Gasteiger partial charge is 0.511 e. The molecule has 5 rings (SSSR count). The molecule has 1 aliphatic heterocycles. The summed E-state index contributed by atoms with van der Waals surface area (Å²) in [5.74, 6) is 0.462. The first-order chi connectivity index (χ1) is 17.3. The number of cyclic esters (lactones) is 1. The molecule has 7 heteroatoms. The zero-order chi connectivity index (χ0) is 25.3. The monoisotopic (exact) mass is 523 g/mol. The molecule has 36 heavy (non-hydrogen) atoms. The second kappa shape index (κ2) is 10.5. The second-order valence-electron chi connectivity index (χ2n) is 10.4. The smallest absolute Gasteiger partial charge is 0.349 e. The van der Waals surface area contributed by atoms with E-state index in [-0.39, 0.29) is 23.3 Å². The van der Waals surface area contributed by atoms with Crippen LogP contribution >= 0.6 is 23.1 Å². The Hall–Kier alpha value is -2.51. The van der Waals surface area contributed by atoms with Gasteiger partial charge in [0.05, 0.1) is 15.7 Å². The Kier molecular flexibility index (Phi) is 7.31. The van der Waals surface area contributed by atoms with Gasteiger partial charge in [0.15, 0.2) is 0 Å². The van der Waals surface area contributed by atoms with E-state index in [1.807, 2.05) is 17.6 Å². The molecule has 190 valence electrons. The van der Waals surface area contributed by atoms with Crippen LogP contribution < -0.4 is 0 Å². The van der Waals surface area contributed by atoms with Gasteiger partial charge in [-0.05, 0) is 72.9 Å². The number of ether oxygens (including phenoxy) is 1. The number of aliphatic hydroxyl groups is 1. The topological polar surface area (TPSA) is 79.7 Å². The number of aromatic nitrogens is 1. The molecule has 0 amide bonds. The molecule has 1 saturated carbocycles. The van der Waals surface area contributed by atoms with Gasteiger partial charge in [0, 0.05) is 11.3 Å². The Balaban J connectivity index is 1.44. The molecule has 2 N–H and O–H groups in total. The second-order valence-corrected chi connectivity index (χ2v) is 12.3. The van der Waals surface area contributed by atoms with Crippen molar-refractivity contribution in [1.82, 2.24) is 4.98 Å². The van der Waals surface area contributed by atoms with E-state index in [1.165, 1.54) is 18.2 Å². The van der Waals surface area contributed by atoms with Crippen LogP contribution in [0.3, 0.4) is 0 Å². The van der Waals surface area contributed by atoms with E-state index in [2.05, 4.69) is 31.0 Å². The normalized spacial score (nSPS) is 21.4. The van der Waals surface area contributed by atoms with Gasteiger partial charge in [-0.2, -0.15) is 0 Å². The van der Waals surface area contributed by atoms with E-state index in [0.29, 0.717) is 17.7 Å². The Morgan fingerprint density at radius 1 is 1.14 bits per heavy atom. The molecular formula is C29H33NO4S2. The summed E-state index contributed by atoms with van der Waals surface area (Å²) >= 11 is 2.90. The highest BCUT2D eigenvalue weighted by molar-refractivity contribution is 8.04. The summed E-state index contributed by atoms with van der Waals surface area (Å²) in [6.45, 7) is 4.25. The number of carbonyl (C=O) groups excluding carboxylic acids is 1. The van der Waals surface area contributed by atoms with Crippen molar-refractivity contribution in [1.29, 1.82) is 0 Å². The first-order valence-electron chi connectivity index (χ1n) is 12.8. The summed E-state index contributed by atoms with van der Waals surface area (Å²) < 4.78 is 7.42. The fourth-order valence-corrected chi connectivity index (χ4v) is 7.52. The first-order valence-corrected chi connectivity index (χ1v) is 14.5. The maximum atomic E-state index is 13.5. The van der Waals surface area contributed by atoms with Crippen molar-refractivity contribution in [3.05, 3.63) is 63.7 Å². The predicted octanol–water partition coefficient (Wildman–Crippen LogP) is 7.89. The Morgan fingerprint density at radius 3 is 2.58 bits per heavy atom. The molecular weight excluding hydrogens is 490 g/mol. The number of benzene rings is 2. The van der Waals surface area contributed by atoms with Gasteiger partial charge in [-0.3, -0.25) is 0 Å². The van der Waals surface area contributed by atoms with Gasteiger partial charge in [-0.15, -0.1) is 11.3 Å². The average Bonchev–Trinajstić information content (AvgIpc) is 3.33. The van der Waals surface area contributed by atoms with Crippen molar-refractivity contribution in [2.45, 2.75) is 81.6 Å². The van der Waals surface area contributed by atoms with Gasteiger partial charge >= 0.3 is 5.97 Å². The lowest BCUT2D eigenvalue weighted by molar-refractivity contribution is -0.168. The third kappa shape index (κ3) is 5.14. The molecule has 1 fully saturated rings. The summed E-state index contributed by atoms with van der Waals surface area (Å²) in [7, 11) is 0. The third-order valence-electron chi connectivity index (χ3n) is 7.63. The number of thiazole rings is 1. The highest BCUT2D eigenvalue weighted by Gasteiger charge is 2.47. The quantitative estimate of drug-likeness (QED) is 0.307. The highest BCUT2D eigenvalue weighted by atomic mass is 32.2. The van der Waals surface area contributed by atoms with Crippen LogP contribution in [0.1, 0.15) is 75.8 Å². The van der Waals surface area contributed by atoms with E-state index in [0.717, 1.165) is 58.3 Å².